The van der Waals surface area contributed by atoms with Crippen LogP contribution in [-0.2, 0) is 0 Å². The first-order valence-corrected chi connectivity index (χ1v) is 10.6. The normalized spacial score (nSPS) is 29.6. The summed E-state index contributed by atoms with van der Waals surface area (Å²) in [5.41, 5.74) is 0.552. The van der Waals surface area contributed by atoms with Gasteiger partial charge in [0.05, 0.1) is 12.2 Å². The van der Waals surface area contributed by atoms with Crippen LogP contribution in [0.25, 0.3) is 0 Å². The molecule has 1 saturated carbocycles. The Labute approximate surface area is 197 Å². The molecule has 4 unspecified atom stereocenters. The van der Waals surface area contributed by atoms with Gasteiger partial charge in [-0.15, -0.1) is 18.1 Å². The van der Waals surface area contributed by atoms with Crippen LogP contribution >= 0.6 is 12.2 Å². The van der Waals surface area contributed by atoms with Crippen LogP contribution in [0.2, 0.25) is 0 Å². The molecule has 2 N–H and O–H groups in total. The largest absolute Gasteiger partial charge is 1.00 e. The summed E-state index contributed by atoms with van der Waals surface area (Å²) in [5.74, 6) is 6.34. The minimum Gasteiger partial charge on any atom is -0.867 e. The number of hydrogen-bond donors (Lipinski definition) is 2. The van der Waals surface area contributed by atoms with E-state index in [0.29, 0.717) is 12.8 Å². The zero-order chi connectivity index (χ0) is 19.9. The van der Waals surface area contributed by atoms with E-state index in [1.807, 2.05) is 19.1 Å². The van der Waals surface area contributed by atoms with Crippen molar-refractivity contribution in [3.63, 3.8) is 0 Å². The number of aliphatic hydroxyl groups is 2. The Hall–Kier alpha value is -0.220. The molecule has 5 atom stereocenters. The van der Waals surface area contributed by atoms with Gasteiger partial charge >= 0.3 is 29.6 Å². The van der Waals surface area contributed by atoms with Gasteiger partial charge in [-0.05, 0) is 39.0 Å². The summed E-state index contributed by atoms with van der Waals surface area (Å²) < 4.78 is 0. The minimum absolute atomic E-state index is 0. The number of nitrogens with zero attached hydrogens (tertiary/aromatic N) is 1. The quantitative estimate of drug-likeness (QED) is 0.173. The molecule has 1 aliphatic heterocycles. The molecule has 0 aromatic heterocycles. The molecule has 150 valence electrons. The number of rotatable bonds is 10. The fourth-order valence-corrected chi connectivity index (χ4v) is 4.55. The fourth-order valence-electron chi connectivity index (χ4n) is 4.41. The van der Waals surface area contributed by atoms with E-state index in [9.17, 15) is 15.3 Å². The molecule has 4 nitrogen and oxygen atoms in total. The van der Waals surface area contributed by atoms with E-state index in [4.69, 9.17) is 4.99 Å². The molecule has 0 spiro atoms. The molecule has 0 radical (unpaired) electrons. The molecular weight excluding hydrogens is 381 g/mol. The summed E-state index contributed by atoms with van der Waals surface area (Å²) in [7, 11) is 0. The predicted molar refractivity (Wildman–Crippen MR) is 112 cm³/mol. The van der Waals surface area contributed by atoms with Gasteiger partial charge in [-0.1, -0.05) is 49.3 Å². The molecule has 1 fully saturated rings. The molecule has 1 heterocycles. The summed E-state index contributed by atoms with van der Waals surface area (Å²) in [4.78, 5) is 4.90. The molecule has 2 rings (SSSR count). The SMILES string of the molecule is CC#CC12CC(O)C(C=C[C@@H](O)CCCCC)C1CC(CCCC([O-])=S)=N2.[Na+]. The van der Waals surface area contributed by atoms with E-state index in [1.165, 1.54) is 0 Å². The topological polar surface area (TPSA) is 75.9 Å². The van der Waals surface area contributed by atoms with Crippen molar-refractivity contribution >= 4 is 23.0 Å². The number of unbranched alkanes of at least 4 members (excludes halogenated alkanes) is 2. The zero-order valence-corrected chi connectivity index (χ0v) is 20.3. The molecule has 2 aliphatic rings. The van der Waals surface area contributed by atoms with E-state index in [-0.39, 0.29) is 46.4 Å². The second-order valence-electron chi connectivity index (χ2n) is 7.81. The first-order chi connectivity index (χ1) is 12.9. The first-order valence-electron chi connectivity index (χ1n) is 10.2. The molecule has 0 aromatic rings. The molecule has 6 heteroatoms. The molecule has 0 saturated heterocycles. The molecule has 0 amide bonds. The smallest absolute Gasteiger partial charge is 0.867 e. The summed E-state index contributed by atoms with van der Waals surface area (Å²) >= 11 is 4.63. The fraction of sp³-hybridized carbons (Fsp3) is 0.727. The Morgan fingerprint density at radius 2 is 2.18 bits per heavy atom. The van der Waals surface area contributed by atoms with Crippen LogP contribution < -0.4 is 34.7 Å². The first kappa shape index (κ1) is 25.8. The maximum absolute atomic E-state index is 11.0. The van der Waals surface area contributed by atoms with Crippen molar-refractivity contribution in [2.24, 2.45) is 16.8 Å². The van der Waals surface area contributed by atoms with Crippen LogP contribution in [0.1, 0.15) is 71.6 Å². The van der Waals surface area contributed by atoms with Crippen LogP contribution in [-0.4, -0.2) is 38.7 Å². The molecule has 1 aliphatic carbocycles. The summed E-state index contributed by atoms with van der Waals surface area (Å²) in [5, 5.41) is 31.6. The van der Waals surface area contributed by atoms with Crippen LogP contribution in [0.3, 0.4) is 0 Å². The Balaban J connectivity index is 0.00000392. The van der Waals surface area contributed by atoms with Crippen LogP contribution in [0.5, 0.6) is 0 Å². The van der Waals surface area contributed by atoms with Gasteiger partial charge in [0, 0.05) is 24.0 Å². The summed E-state index contributed by atoms with van der Waals surface area (Å²) in [6.45, 7) is 3.95. The molecule has 28 heavy (non-hydrogen) atoms. The van der Waals surface area contributed by atoms with Gasteiger partial charge in [0.15, 0.2) is 0 Å². The van der Waals surface area contributed by atoms with Crippen molar-refractivity contribution in [3.05, 3.63) is 12.2 Å². The average molecular weight is 414 g/mol. The van der Waals surface area contributed by atoms with Crippen LogP contribution in [0.15, 0.2) is 17.1 Å². The van der Waals surface area contributed by atoms with Crippen molar-refractivity contribution in [1.29, 1.82) is 0 Å². The Kier molecular flexibility index (Phi) is 11.5. The van der Waals surface area contributed by atoms with Crippen molar-refractivity contribution in [2.75, 3.05) is 0 Å². The van der Waals surface area contributed by atoms with Crippen molar-refractivity contribution < 1.29 is 44.9 Å². The second kappa shape index (κ2) is 12.5. The maximum Gasteiger partial charge on any atom is 1.00 e. The summed E-state index contributed by atoms with van der Waals surface area (Å²) in [6.07, 6.45) is 10.1. The molecular formula is C22H32NNaO3S. The number of thiocarbonyl (C=S) groups is 1. The third-order valence-corrected chi connectivity index (χ3v) is 5.91. The van der Waals surface area contributed by atoms with E-state index in [0.717, 1.165) is 50.7 Å². The van der Waals surface area contributed by atoms with Crippen LogP contribution in [0.4, 0.5) is 0 Å². The van der Waals surface area contributed by atoms with Gasteiger partial charge in [0.2, 0.25) is 0 Å². The van der Waals surface area contributed by atoms with Crippen molar-refractivity contribution in [2.45, 2.75) is 89.4 Å². The van der Waals surface area contributed by atoms with E-state index in [1.54, 1.807) is 0 Å². The maximum atomic E-state index is 11.0. The Morgan fingerprint density at radius 3 is 2.82 bits per heavy atom. The van der Waals surface area contributed by atoms with Gasteiger partial charge in [-0.25, -0.2) is 0 Å². The average Bonchev–Trinajstić information content (AvgIpc) is 3.04. The van der Waals surface area contributed by atoms with Crippen LogP contribution in [0, 0.1) is 23.7 Å². The number of hydrogen-bond acceptors (Lipinski definition) is 5. The third-order valence-electron chi connectivity index (χ3n) is 5.70. The van der Waals surface area contributed by atoms with Gasteiger partial charge in [0.1, 0.15) is 5.54 Å². The summed E-state index contributed by atoms with van der Waals surface area (Å²) in [6, 6.07) is 0. The van der Waals surface area contributed by atoms with Gasteiger partial charge in [0.25, 0.3) is 0 Å². The predicted octanol–water partition coefficient (Wildman–Crippen LogP) is -0.0504. The Morgan fingerprint density at radius 1 is 1.43 bits per heavy atom. The number of aliphatic hydroxyl groups excluding tert-OH is 2. The second-order valence-corrected chi connectivity index (χ2v) is 8.27. The molecule has 0 aromatic carbocycles. The Bertz CT molecular complexity index is 639. The van der Waals surface area contributed by atoms with Gasteiger partial charge < -0.3 is 15.3 Å². The zero-order valence-electron chi connectivity index (χ0n) is 17.5. The monoisotopic (exact) mass is 413 g/mol. The van der Waals surface area contributed by atoms with E-state index < -0.39 is 17.7 Å². The van der Waals surface area contributed by atoms with E-state index in [2.05, 4.69) is 31.0 Å². The van der Waals surface area contributed by atoms with Crippen molar-refractivity contribution in [1.82, 2.24) is 0 Å². The van der Waals surface area contributed by atoms with Gasteiger partial charge in [-0.3, -0.25) is 4.99 Å². The number of aliphatic imine (C=N–C) groups is 1. The van der Waals surface area contributed by atoms with E-state index >= 15 is 0 Å². The van der Waals surface area contributed by atoms with Crippen molar-refractivity contribution in [3.8, 4) is 11.8 Å². The van der Waals surface area contributed by atoms with Gasteiger partial charge in [-0.2, -0.15) is 0 Å². The number of fused-ring (bicyclic) bond motifs is 1. The standard InChI is InChI=1S/C22H33NO3S.Na/c1-3-5-6-9-17(24)11-12-18-19-14-16(8-7-10-21(26)27)23-22(19,13-4-2)15-20(18)25;/h11-12,17-20,24-25H,3,5-10,14-15H2,1-2H3,(H,26,27);/q;+1/p-1/t17-,18?,19?,20?,22?;/m0./s1. The minimum atomic E-state index is -0.524. The third kappa shape index (κ3) is 6.93. The molecule has 0 bridgehead atoms.